The van der Waals surface area contributed by atoms with Crippen molar-refractivity contribution in [2.75, 3.05) is 4.72 Å². The molecular weight excluding hydrogens is 338 g/mol. The topological polar surface area (TPSA) is 104 Å². The van der Waals surface area contributed by atoms with Crippen LogP contribution in [0.5, 0.6) is 0 Å². The van der Waals surface area contributed by atoms with Gasteiger partial charge >= 0.3 is 0 Å². The van der Waals surface area contributed by atoms with E-state index in [-0.39, 0.29) is 5.03 Å². The van der Waals surface area contributed by atoms with Crippen LogP contribution < -0.4 is 4.72 Å². The molecule has 0 aliphatic heterocycles. The maximum atomic E-state index is 12.2. The van der Waals surface area contributed by atoms with E-state index in [4.69, 9.17) is 0 Å². The molecule has 4 aromatic rings. The summed E-state index contributed by atoms with van der Waals surface area (Å²) in [5.41, 5.74) is 4.36. The Morgan fingerprint density at radius 2 is 1.88 bits per heavy atom. The van der Waals surface area contributed by atoms with Gasteiger partial charge in [0.15, 0.2) is 5.03 Å². The zero-order valence-electron chi connectivity index (χ0n) is 13.3. The summed E-state index contributed by atoms with van der Waals surface area (Å²) in [5, 5.41) is 0.0178. The summed E-state index contributed by atoms with van der Waals surface area (Å²) in [6.07, 6.45) is 2.58. The van der Waals surface area contributed by atoms with E-state index in [0.29, 0.717) is 5.69 Å². The monoisotopic (exact) mass is 353 g/mol. The zero-order chi connectivity index (χ0) is 17.4. The normalized spacial score (nSPS) is 11.7. The minimum atomic E-state index is -3.66. The standard InChI is InChI=1S/C17H15N5O2S/c1-11-2-7-14-15(8-11)21-17(20-14)12-3-5-13(6-4-12)22-25(23,24)16-9-18-10-19-16/h2-10,22H,1H3,(H,18,19)(H,20,21). The van der Waals surface area contributed by atoms with Crippen LogP contribution in [0, 0.1) is 6.92 Å². The van der Waals surface area contributed by atoms with E-state index in [0.717, 1.165) is 28.0 Å². The van der Waals surface area contributed by atoms with E-state index >= 15 is 0 Å². The number of hydrogen-bond donors (Lipinski definition) is 3. The largest absolute Gasteiger partial charge is 0.338 e. The molecule has 0 radical (unpaired) electrons. The molecule has 0 fully saturated rings. The first-order valence-electron chi connectivity index (χ1n) is 7.59. The number of benzene rings is 2. The number of hydrogen-bond acceptors (Lipinski definition) is 4. The van der Waals surface area contributed by atoms with Crippen LogP contribution in [0.4, 0.5) is 5.69 Å². The van der Waals surface area contributed by atoms with Crippen molar-refractivity contribution in [1.29, 1.82) is 0 Å². The van der Waals surface area contributed by atoms with Crippen LogP contribution in [-0.2, 0) is 10.0 Å². The van der Waals surface area contributed by atoms with Crippen LogP contribution >= 0.6 is 0 Å². The van der Waals surface area contributed by atoms with Crippen LogP contribution in [0.1, 0.15) is 5.56 Å². The number of imidazole rings is 2. The Hall–Kier alpha value is -3.13. The molecule has 0 amide bonds. The van der Waals surface area contributed by atoms with Crippen LogP contribution in [0.3, 0.4) is 0 Å². The van der Waals surface area contributed by atoms with Gasteiger partial charge in [-0.25, -0.2) is 9.97 Å². The molecule has 0 saturated carbocycles. The van der Waals surface area contributed by atoms with Crippen molar-refractivity contribution in [3.05, 3.63) is 60.6 Å². The third kappa shape index (κ3) is 2.99. The second kappa shape index (κ2) is 5.75. The molecule has 7 nitrogen and oxygen atoms in total. The van der Waals surface area contributed by atoms with Crippen LogP contribution in [0.15, 0.2) is 60.0 Å². The first-order chi connectivity index (χ1) is 12.0. The zero-order valence-corrected chi connectivity index (χ0v) is 14.1. The van der Waals surface area contributed by atoms with Gasteiger partial charge in [-0.1, -0.05) is 6.07 Å². The van der Waals surface area contributed by atoms with Crippen molar-refractivity contribution in [3.8, 4) is 11.4 Å². The third-order valence-corrected chi connectivity index (χ3v) is 5.12. The fourth-order valence-corrected chi connectivity index (χ4v) is 3.52. The van der Waals surface area contributed by atoms with Gasteiger partial charge < -0.3 is 9.97 Å². The number of aromatic nitrogens is 4. The molecule has 0 bridgehead atoms. The van der Waals surface area contributed by atoms with Crippen molar-refractivity contribution < 1.29 is 8.42 Å². The Kier molecular flexibility index (Phi) is 3.54. The summed E-state index contributed by atoms with van der Waals surface area (Å²) >= 11 is 0. The lowest BCUT2D eigenvalue weighted by atomic mass is 10.2. The van der Waals surface area contributed by atoms with Crippen LogP contribution in [0.2, 0.25) is 0 Å². The molecule has 2 heterocycles. The summed E-state index contributed by atoms with van der Waals surface area (Å²) in [6.45, 7) is 2.03. The molecule has 2 aromatic carbocycles. The fraction of sp³-hybridized carbons (Fsp3) is 0.0588. The Morgan fingerprint density at radius 1 is 1.08 bits per heavy atom. The molecule has 25 heavy (non-hydrogen) atoms. The first-order valence-corrected chi connectivity index (χ1v) is 9.08. The summed E-state index contributed by atoms with van der Waals surface area (Å²) < 4.78 is 26.8. The predicted molar refractivity (Wildman–Crippen MR) is 95.7 cm³/mol. The molecule has 0 aliphatic rings. The second-order valence-corrected chi connectivity index (χ2v) is 7.36. The van der Waals surface area contributed by atoms with Crippen LogP contribution in [-0.4, -0.2) is 28.4 Å². The Morgan fingerprint density at radius 3 is 2.60 bits per heavy atom. The Bertz CT molecular complexity index is 1130. The number of H-pyrrole nitrogens is 2. The molecule has 8 heteroatoms. The number of anilines is 1. The van der Waals surface area contributed by atoms with Gasteiger partial charge in [0.25, 0.3) is 10.0 Å². The molecule has 0 aliphatic carbocycles. The SMILES string of the molecule is Cc1ccc2nc(-c3ccc(NS(=O)(=O)c4cnc[nH]4)cc3)[nH]c2c1. The number of nitrogens with zero attached hydrogens (tertiary/aromatic N) is 2. The quantitative estimate of drug-likeness (QED) is 0.524. The summed E-state index contributed by atoms with van der Waals surface area (Å²) in [6, 6.07) is 13.0. The van der Waals surface area contributed by atoms with E-state index < -0.39 is 10.0 Å². The average molecular weight is 353 g/mol. The van der Waals surface area contributed by atoms with Gasteiger partial charge in [-0.05, 0) is 48.9 Å². The lowest BCUT2D eigenvalue weighted by molar-refractivity contribution is 0.598. The van der Waals surface area contributed by atoms with Gasteiger partial charge in [0.2, 0.25) is 0 Å². The summed E-state index contributed by atoms with van der Waals surface area (Å²) in [5.74, 6) is 0.739. The van der Waals surface area contributed by atoms with Crippen molar-refractivity contribution in [3.63, 3.8) is 0 Å². The number of rotatable bonds is 4. The number of sulfonamides is 1. The van der Waals surface area contributed by atoms with Gasteiger partial charge in [-0.15, -0.1) is 0 Å². The number of aryl methyl sites for hydroxylation is 1. The van der Waals surface area contributed by atoms with Crippen molar-refractivity contribution in [2.45, 2.75) is 11.9 Å². The van der Waals surface area contributed by atoms with E-state index in [1.165, 1.54) is 12.5 Å². The smallest absolute Gasteiger partial charge is 0.278 e. The van der Waals surface area contributed by atoms with Gasteiger partial charge in [-0.3, -0.25) is 4.72 Å². The minimum absolute atomic E-state index is 0.0178. The highest BCUT2D eigenvalue weighted by atomic mass is 32.2. The van der Waals surface area contributed by atoms with Gasteiger partial charge in [0.1, 0.15) is 5.82 Å². The summed E-state index contributed by atoms with van der Waals surface area (Å²) in [7, 11) is -3.66. The molecule has 4 rings (SSSR count). The Labute approximate surface area is 144 Å². The molecule has 3 N–H and O–H groups in total. The molecule has 0 spiro atoms. The molecule has 0 atom stereocenters. The van der Waals surface area contributed by atoms with Crippen LogP contribution in [0.25, 0.3) is 22.4 Å². The van der Waals surface area contributed by atoms with E-state index in [9.17, 15) is 8.42 Å². The minimum Gasteiger partial charge on any atom is -0.338 e. The highest BCUT2D eigenvalue weighted by Gasteiger charge is 2.15. The summed E-state index contributed by atoms with van der Waals surface area (Å²) in [4.78, 5) is 14.1. The number of fused-ring (bicyclic) bond motifs is 1. The number of nitrogens with one attached hydrogen (secondary N) is 3. The van der Waals surface area contributed by atoms with Crippen molar-refractivity contribution in [1.82, 2.24) is 19.9 Å². The lowest BCUT2D eigenvalue weighted by Crippen LogP contribution is -2.13. The predicted octanol–water partition coefficient (Wildman–Crippen LogP) is 3.06. The first kappa shape index (κ1) is 15.4. The van der Waals surface area contributed by atoms with Gasteiger partial charge in [-0.2, -0.15) is 8.42 Å². The number of aromatic amines is 2. The van der Waals surface area contributed by atoms with E-state index in [2.05, 4.69) is 24.7 Å². The van der Waals surface area contributed by atoms with E-state index in [1.54, 1.807) is 12.1 Å². The highest BCUT2D eigenvalue weighted by molar-refractivity contribution is 7.92. The van der Waals surface area contributed by atoms with Crippen molar-refractivity contribution in [2.24, 2.45) is 0 Å². The van der Waals surface area contributed by atoms with E-state index in [1.807, 2.05) is 37.3 Å². The van der Waals surface area contributed by atoms with Gasteiger partial charge in [0, 0.05) is 11.3 Å². The average Bonchev–Trinajstić information content (AvgIpc) is 3.24. The maximum absolute atomic E-state index is 12.2. The Balaban J connectivity index is 1.61. The molecule has 0 saturated heterocycles. The highest BCUT2D eigenvalue weighted by Crippen LogP contribution is 2.23. The molecule has 2 aromatic heterocycles. The maximum Gasteiger partial charge on any atom is 0.278 e. The third-order valence-electron chi connectivity index (χ3n) is 3.81. The van der Waals surface area contributed by atoms with Gasteiger partial charge in [0.05, 0.1) is 23.6 Å². The molecule has 126 valence electrons. The fourth-order valence-electron chi connectivity index (χ4n) is 2.56. The second-order valence-electron chi connectivity index (χ2n) is 5.70. The molecular formula is C17H15N5O2S. The van der Waals surface area contributed by atoms with Crippen molar-refractivity contribution >= 4 is 26.7 Å². The lowest BCUT2D eigenvalue weighted by Gasteiger charge is -2.06. The molecule has 0 unspecified atom stereocenters.